The fraction of sp³-hybridized carbons (Fsp3) is 0.462. The first-order valence-electron chi connectivity index (χ1n) is 6.09. The van der Waals surface area contributed by atoms with Crippen LogP contribution in [0.4, 0.5) is 13.6 Å². The zero-order valence-electron chi connectivity index (χ0n) is 11.3. The minimum atomic E-state index is -0.614. The van der Waals surface area contributed by atoms with E-state index in [2.05, 4.69) is 10.6 Å². The molecule has 19 heavy (non-hydrogen) atoms. The molecule has 0 radical (unpaired) electrons. The van der Waals surface area contributed by atoms with Crippen LogP contribution in [0.15, 0.2) is 18.2 Å². The molecule has 0 aliphatic rings. The van der Waals surface area contributed by atoms with Crippen molar-refractivity contribution >= 4 is 6.03 Å². The largest absolute Gasteiger partial charge is 0.338 e. The molecule has 106 valence electrons. The van der Waals surface area contributed by atoms with E-state index < -0.39 is 17.7 Å². The molecule has 0 saturated heterocycles. The van der Waals surface area contributed by atoms with Crippen LogP contribution >= 0.6 is 0 Å². The van der Waals surface area contributed by atoms with Crippen molar-refractivity contribution in [2.24, 2.45) is 0 Å². The standard InChI is InChI=1S/C13H19F2N3O/c1-4-16-13(19)17-8-11(18(2)3)12-9(14)6-5-7-10(12)15/h5-7,11H,4,8H2,1-3H3,(H2,16,17,19)/t11-/m1/s1. The Kier molecular flexibility index (Phi) is 5.69. The Morgan fingerprint density at radius 1 is 1.26 bits per heavy atom. The molecule has 1 aromatic carbocycles. The molecule has 1 aromatic rings. The number of carbonyl (C=O) groups is 1. The maximum atomic E-state index is 13.7. The van der Waals surface area contributed by atoms with E-state index in [4.69, 9.17) is 0 Å². The van der Waals surface area contributed by atoms with Gasteiger partial charge in [-0.25, -0.2) is 13.6 Å². The smallest absolute Gasteiger partial charge is 0.314 e. The molecule has 2 N–H and O–H groups in total. The van der Waals surface area contributed by atoms with Crippen molar-refractivity contribution in [1.82, 2.24) is 15.5 Å². The summed E-state index contributed by atoms with van der Waals surface area (Å²) in [6.45, 7) is 2.41. The molecule has 0 aliphatic heterocycles. The second kappa shape index (κ2) is 7.04. The number of urea groups is 1. The van der Waals surface area contributed by atoms with E-state index in [-0.39, 0.29) is 18.1 Å². The highest BCUT2D eigenvalue weighted by Gasteiger charge is 2.22. The van der Waals surface area contributed by atoms with Crippen LogP contribution in [0.5, 0.6) is 0 Å². The number of hydrogen-bond donors (Lipinski definition) is 2. The molecular weight excluding hydrogens is 252 g/mol. The molecule has 2 amide bonds. The van der Waals surface area contributed by atoms with Crippen LogP contribution in [0.1, 0.15) is 18.5 Å². The second-order valence-electron chi connectivity index (χ2n) is 4.36. The molecule has 6 heteroatoms. The Morgan fingerprint density at radius 2 is 1.84 bits per heavy atom. The summed E-state index contributed by atoms with van der Waals surface area (Å²) in [6.07, 6.45) is 0. The number of halogens is 2. The van der Waals surface area contributed by atoms with Gasteiger partial charge in [-0.05, 0) is 33.2 Å². The zero-order chi connectivity index (χ0) is 14.4. The summed E-state index contributed by atoms with van der Waals surface area (Å²) in [5, 5.41) is 5.16. The highest BCUT2D eigenvalue weighted by molar-refractivity contribution is 5.73. The lowest BCUT2D eigenvalue weighted by Crippen LogP contribution is -2.40. The van der Waals surface area contributed by atoms with Crippen LogP contribution in [0.3, 0.4) is 0 Å². The Hall–Kier alpha value is -1.69. The van der Waals surface area contributed by atoms with Crippen molar-refractivity contribution in [3.63, 3.8) is 0 Å². The van der Waals surface area contributed by atoms with Crippen LogP contribution in [0.25, 0.3) is 0 Å². The van der Waals surface area contributed by atoms with E-state index in [9.17, 15) is 13.6 Å². The molecule has 4 nitrogen and oxygen atoms in total. The predicted molar refractivity (Wildman–Crippen MR) is 69.9 cm³/mol. The van der Waals surface area contributed by atoms with Gasteiger partial charge in [0, 0.05) is 18.7 Å². The van der Waals surface area contributed by atoms with Gasteiger partial charge < -0.3 is 15.5 Å². The first kappa shape index (κ1) is 15.4. The van der Waals surface area contributed by atoms with Crippen molar-refractivity contribution in [3.8, 4) is 0 Å². The minimum Gasteiger partial charge on any atom is -0.338 e. The normalized spacial score (nSPS) is 12.3. The summed E-state index contributed by atoms with van der Waals surface area (Å²) in [5.41, 5.74) is -0.0377. The number of rotatable bonds is 5. The Labute approximate surface area is 111 Å². The third kappa shape index (κ3) is 4.17. The van der Waals surface area contributed by atoms with E-state index in [0.29, 0.717) is 6.54 Å². The number of carbonyl (C=O) groups excluding carboxylic acids is 1. The van der Waals surface area contributed by atoms with Crippen molar-refractivity contribution in [1.29, 1.82) is 0 Å². The van der Waals surface area contributed by atoms with E-state index in [0.717, 1.165) is 0 Å². The Bertz CT molecular complexity index is 418. The molecule has 0 bridgehead atoms. The highest BCUT2D eigenvalue weighted by atomic mass is 19.1. The van der Waals surface area contributed by atoms with E-state index in [1.165, 1.54) is 18.2 Å². The fourth-order valence-corrected chi connectivity index (χ4v) is 1.78. The fourth-order valence-electron chi connectivity index (χ4n) is 1.78. The molecule has 0 aliphatic carbocycles. The number of nitrogens with one attached hydrogen (secondary N) is 2. The summed E-state index contributed by atoms with van der Waals surface area (Å²) < 4.78 is 27.5. The zero-order valence-corrected chi connectivity index (χ0v) is 11.3. The van der Waals surface area contributed by atoms with Gasteiger partial charge in [-0.1, -0.05) is 6.07 Å². The minimum absolute atomic E-state index is 0.0377. The Morgan fingerprint density at radius 3 is 2.32 bits per heavy atom. The average molecular weight is 271 g/mol. The average Bonchev–Trinajstić information content (AvgIpc) is 2.32. The van der Waals surface area contributed by atoms with Gasteiger partial charge in [0.25, 0.3) is 0 Å². The molecule has 0 fully saturated rings. The third-order valence-corrected chi connectivity index (χ3v) is 2.75. The van der Waals surface area contributed by atoms with Crippen LogP contribution in [-0.4, -0.2) is 38.1 Å². The van der Waals surface area contributed by atoms with Crippen molar-refractivity contribution < 1.29 is 13.6 Å². The summed E-state index contributed by atoms with van der Waals surface area (Å²) in [7, 11) is 3.41. The lowest BCUT2D eigenvalue weighted by atomic mass is 10.0. The summed E-state index contributed by atoms with van der Waals surface area (Å²) in [6, 6.07) is 2.81. The van der Waals surface area contributed by atoms with Crippen LogP contribution < -0.4 is 10.6 Å². The van der Waals surface area contributed by atoms with Gasteiger partial charge in [0.05, 0.1) is 6.04 Å². The monoisotopic (exact) mass is 271 g/mol. The molecule has 0 aromatic heterocycles. The van der Waals surface area contributed by atoms with Gasteiger partial charge in [-0.2, -0.15) is 0 Å². The molecule has 0 heterocycles. The quantitative estimate of drug-likeness (QED) is 0.859. The maximum Gasteiger partial charge on any atom is 0.314 e. The number of amides is 2. The molecular formula is C13H19F2N3O. The number of hydrogen-bond acceptors (Lipinski definition) is 2. The molecule has 0 unspecified atom stereocenters. The lowest BCUT2D eigenvalue weighted by Gasteiger charge is -2.25. The van der Waals surface area contributed by atoms with Gasteiger partial charge in [0.2, 0.25) is 0 Å². The van der Waals surface area contributed by atoms with Gasteiger partial charge in [-0.3, -0.25) is 0 Å². The molecule has 0 saturated carbocycles. The summed E-state index contributed by atoms with van der Waals surface area (Å²) >= 11 is 0. The van der Waals surface area contributed by atoms with Crippen LogP contribution in [0, 0.1) is 11.6 Å². The summed E-state index contributed by atoms with van der Waals surface area (Å²) in [5.74, 6) is -1.23. The maximum absolute atomic E-state index is 13.7. The molecule has 1 atom stereocenters. The van der Waals surface area contributed by atoms with Crippen molar-refractivity contribution in [2.75, 3.05) is 27.2 Å². The predicted octanol–water partition coefficient (Wildman–Crippen LogP) is 1.89. The van der Waals surface area contributed by atoms with E-state index >= 15 is 0 Å². The van der Waals surface area contributed by atoms with Gasteiger partial charge in [0.15, 0.2) is 0 Å². The first-order chi connectivity index (χ1) is 8.97. The van der Waals surface area contributed by atoms with E-state index in [1.54, 1.807) is 25.9 Å². The van der Waals surface area contributed by atoms with Gasteiger partial charge in [0.1, 0.15) is 11.6 Å². The van der Waals surface area contributed by atoms with Crippen molar-refractivity contribution in [3.05, 3.63) is 35.4 Å². The summed E-state index contributed by atoms with van der Waals surface area (Å²) in [4.78, 5) is 13.0. The Balaban J connectivity index is 2.86. The highest BCUT2D eigenvalue weighted by Crippen LogP contribution is 2.23. The van der Waals surface area contributed by atoms with Crippen molar-refractivity contribution in [2.45, 2.75) is 13.0 Å². The van der Waals surface area contributed by atoms with Gasteiger partial charge >= 0.3 is 6.03 Å². The number of nitrogens with zero attached hydrogens (tertiary/aromatic N) is 1. The number of benzene rings is 1. The lowest BCUT2D eigenvalue weighted by molar-refractivity contribution is 0.231. The second-order valence-corrected chi connectivity index (χ2v) is 4.36. The van der Waals surface area contributed by atoms with Crippen LogP contribution in [-0.2, 0) is 0 Å². The topological polar surface area (TPSA) is 44.4 Å². The SMILES string of the molecule is CCNC(=O)NC[C@H](c1c(F)cccc1F)N(C)C. The number of likely N-dealkylation sites (N-methyl/N-ethyl adjacent to an activating group) is 1. The van der Waals surface area contributed by atoms with Crippen LogP contribution in [0.2, 0.25) is 0 Å². The first-order valence-corrected chi connectivity index (χ1v) is 6.09. The molecule has 1 rings (SSSR count). The molecule has 0 spiro atoms. The third-order valence-electron chi connectivity index (χ3n) is 2.75. The van der Waals surface area contributed by atoms with Gasteiger partial charge in [-0.15, -0.1) is 0 Å². The van der Waals surface area contributed by atoms with E-state index in [1.807, 2.05) is 0 Å².